The van der Waals surface area contributed by atoms with Crippen molar-refractivity contribution in [2.24, 2.45) is 5.14 Å². The van der Waals surface area contributed by atoms with Crippen LogP contribution in [0.3, 0.4) is 0 Å². The number of primary sulfonamides is 1. The first kappa shape index (κ1) is 12.9. The van der Waals surface area contributed by atoms with Gasteiger partial charge in [-0.25, -0.2) is 13.6 Å². The molecule has 0 saturated carbocycles. The van der Waals surface area contributed by atoms with Crippen LogP contribution in [0.5, 0.6) is 0 Å². The minimum Gasteiger partial charge on any atom is -0.321 e. The highest BCUT2D eigenvalue weighted by Gasteiger charge is 2.10. The quantitative estimate of drug-likeness (QED) is 0.823. The number of sulfonamides is 1. The van der Waals surface area contributed by atoms with E-state index in [9.17, 15) is 13.2 Å². The third-order valence-electron chi connectivity index (χ3n) is 1.71. The number of carbonyl (C=O) groups excluding carboxylic acids is 1. The number of amides is 1. The van der Waals surface area contributed by atoms with Crippen molar-refractivity contribution in [3.63, 3.8) is 0 Å². The smallest absolute Gasteiger partial charge is 0.247 e. The van der Waals surface area contributed by atoms with Crippen LogP contribution >= 0.6 is 15.9 Å². The Morgan fingerprint density at radius 1 is 1.50 bits per heavy atom. The summed E-state index contributed by atoms with van der Waals surface area (Å²) in [6.45, 7) is 3.30. The van der Waals surface area contributed by atoms with E-state index in [1.807, 2.05) is 0 Å². The summed E-state index contributed by atoms with van der Waals surface area (Å²) < 4.78 is 22.5. The highest BCUT2D eigenvalue weighted by molar-refractivity contribution is 9.10. The first-order valence-corrected chi connectivity index (χ1v) is 6.44. The number of carbonyl (C=O) groups is 1. The van der Waals surface area contributed by atoms with Gasteiger partial charge in [-0.15, -0.1) is 0 Å². The van der Waals surface area contributed by atoms with Crippen LogP contribution in [0.4, 0.5) is 5.69 Å². The molecule has 1 aromatic carbocycles. The topological polar surface area (TPSA) is 89.3 Å². The number of benzene rings is 1. The number of rotatable bonds is 3. The summed E-state index contributed by atoms with van der Waals surface area (Å²) in [5.74, 6) is -0.385. The molecule has 0 aliphatic carbocycles. The van der Waals surface area contributed by atoms with Gasteiger partial charge >= 0.3 is 0 Å². The second-order valence-electron chi connectivity index (χ2n) is 2.88. The molecular formula is C9H9BrN2O3S. The maximum absolute atomic E-state index is 11.0. The lowest BCUT2D eigenvalue weighted by Crippen LogP contribution is -2.13. The number of halogens is 1. The predicted molar refractivity (Wildman–Crippen MR) is 64.3 cm³/mol. The molecule has 0 unspecified atom stereocenters. The van der Waals surface area contributed by atoms with Crippen molar-refractivity contribution in [3.8, 4) is 0 Å². The summed E-state index contributed by atoms with van der Waals surface area (Å²) in [5.41, 5.74) is 0.442. The molecular weight excluding hydrogens is 296 g/mol. The molecule has 1 aromatic rings. The normalized spacial score (nSPS) is 10.9. The number of hydrogen-bond donors (Lipinski definition) is 2. The highest BCUT2D eigenvalue weighted by Crippen LogP contribution is 2.25. The van der Waals surface area contributed by atoms with E-state index in [1.165, 1.54) is 18.2 Å². The van der Waals surface area contributed by atoms with Gasteiger partial charge < -0.3 is 5.32 Å². The molecule has 0 aromatic heterocycles. The molecule has 1 amide bonds. The first-order chi connectivity index (χ1) is 7.34. The molecule has 0 bridgehead atoms. The number of hydrogen-bond acceptors (Lipinski definition) is 3. The van der Waals surface area contributed by atoms with E-state index in [-0.39, 0.29) is 10.8 Å². The Morgan fingerprint density at radius 3 is 2.56 bits per heavy atom. The van der Waals surface area contributed by atoms with E-state index in [1.54, 1.807) is 0 Å². The van der Waals surface area contributed by atoms with Gasteiger partial charge in [0, 0.05) is 4.47 Å². The van der Waals surface area contributed by atoms with Crippen molar-refractivity contribution in [3.05, 3.63) is 35.3 Å². The molecule has 16 heavy (non-hydrogen) atoms. The van der Waals surface area contributed by atoms with Crippen LogP contribution in [0.2, 0.25) is 0 Å². The summed E-state index contributed by atoms with van der Waals surface area (Å²) in [5, 5.41) is 7.45. The molecule has 0 spiro atoms. The van der Waals surface area contributed by atoms with E-state index in [0.717, 1.165) is 6.08 Å². The molecule has 0 radical (unpaired) electrons. The average Bonchev–Trinajstić information content (AvgIpc) is 2.19. The number of anilines is 1. The predicted octanol–water partition coefficient (Wildman–Crippen LogP) is 1.22. The second kappa shape index (κ2) is 4.77. The van der Waals surface area contributed by atoms with Crippen LogP contribution in [0.1, 0.15) is 0 Å². The van der Waals surface area contributed by atoms with Gasteiger partial charge in [0.1, 0.15) is 0 Å². The Kier molecular flexibility index (Phi) is 3.84. The van der Waals surface area contributed by atoms with E-state index >= 15 is 0 Å². The van der Waals surface area contributed by atoms with Gasteiger partial charge in [-0.1, -0.05) is 6.58 Å². The lowest BCUT2D eigenvalue weighted by atomic mass is 10.3. The molecule has 0 atom stereocenters. The summed E-state index contributed by atoms with van der Waals surface area (Å²) in [7, 11) is -3.74. The van der Waals surface area contributed by atoms with Gasteiger partial charge in [0.15, 0.2) is 0 Å². The fourth-order valence-corrected chi connectivity index (χ4v) is 2.13. The summed E-state index contributed by atoms with van der Waals surface area (Å²) in [6.07, 6.45) is 1.11. The molecule has 1 rings (SSSR count). The molecule has 0 saturated heterocycles. The van der Waals surface area contributed by atoms with Gasteiger partial charge in [-0.2, -0.15) is 0 Å². The third kappa shape index (κ3) is 3.16. The van der Waals surface area contributed by atoms with Gasteiger partial charge in [0.05, 0.1) is 10.6 Å². The molecule has 0 fully saturated rings. The fraction of sp³-hybridized carbons (Fsp3) is 0. The molecule has 0 heterocycles. The Bertz CT molecular complexity index is 540. The van der Waals surface area contributed by atoms with Crippen molar-refractivity contribution < 1.29 is 13.2 Å². The maximum Gasteiger partial charge on any atom is 0.247 e. The van der Waals surface area contributed by atoms with E-state index in [2.05, 4.69) is 27.8 Å². The monoisotopic (exact) mass is 304 g/mol. The van der Waals surface area contributed by atoms with Crippen molar-refractivity contribution in [1.82, 2.24) is 0 Å². The summed E-state index contributed by atoms with van der Waals surface area (Å²) >= 11 is 3.13. The van der Waals surface area contributed by atoms with Crippen LogP contribution in [0.25, 0.3) is 0 Å². The molecule has 0 aliphatic rings. The van der Waals surface area contributed by atoms with Crippen LogP contribution in [-0.2, 0) is 14.8 Å². The molecule has 5 nitrogen and oxygen atoms in total. The zero-order chi connectivity index (χ0) is 12.3. The van der Waals surface area contributed by atoms with Crippen LogP contribution < -0.4 is 10.5 Å². The Morgan fingerprint density at radius 2 is 2.12 bits per heavy atom. The second-order valence-corrected chi connectivity index (χ2v) is 5.30. The Hall–Kier alpha value is -1.18. The van der Waals surface area contributed by atoms with Crippen molar-refractivity contribution in [2.45, 2.75) is 4.90 Å². The van der Waals surface area contributed by atoms with Crippen LogP contribution in [0.15, 0.2) is 40.2 Å². The van der Waals surface area contributed by atoms with Gasteiger partial charge in [-0.3, -0.25) is 4.79 Å². The zero-order valence-corrected chi connectivity index (χ0v) is 10.5. The average molecular weight is 305 g/mol. The Balaban J connectivity index is 3.10. The SMILES string of the molecule is C=CC(=O)Nc1ccc(S(N)(=O)=O)cc1Br. The van der Waals surface area contributed by atoms with E-state index in [0.29, 0.717) is 10.2 Å². The van der Waals surface area contributed by atoms with Crippen LogP contribution in [0, 0.1) is 0 Å². The lowest BCUT2D eigenvalue weighted by molar-refractivity contribution is -0.111. The number of nitrogens with one attached hydrogen (secondary N) is 1. The van der Waals surface area contributed by atoms with E-state index < -0.39 is 10.0 Å². The van der Waals surface area contributed by atoms with Crippen molar-refractivity contribution >= 4 is 37.5 Å². The number of nitrogens with two attached hydrogens (primary N) is 1. The first-order valence-electron chi connectivity index (χ1n) is 4.10. The Labute approximate surface area is 102 Å². The summed E-state index contributed by atoms with van der Waals surface area (Å²) in [4.78, 5) is 11.0. The lowest BCUT2D eigenvalue weighted by Gasteiger charge is -2.06. The molecule has 7 heteroatoms. The summed E-state index contributed by atoms with van der Waals surface area (Å²) in [6, 6.07) is 4.05. The van der Waals surface area contributed by atoms with Crippen molar-refractivity contribution in [2.75, 3.05) is 5.32 Å². The van der Waals surface area contributed by atoms with Crippen LogP contribution in [-0.4, -0.2) is 14.3 Å². The zero-order valence-electron chi connectivity index (χ0n) is 8.10. The van der Waals surface area contributed by atoms with E-state index in [4.69, 9.17) is 5.14 Å². The van der Waals surface area contributed by atoms with Gasteiger partial charge in [0.25, 0.3) is 0 Å². The van der Waals surface area contributed by atoms with Gasteiger partial charge in [-0.05, 0) is 40.2 Å². The third-order valence-corrected chi connectivity index (χ3v) is 3.28. The molecule has 3 N–H and O–H groups in total. The molecule has 0 aliphatic heterocycles. The maximum atomic E-state index is 11.0. The highest BCUT2D eigenvalue weighted by atomic mass is 79.9. The molecule has 86 valence electrons. The standard InChI is InChI=1S/C9H9BrN2O3S/c1-2-9(13)12-8-4-3-6(5-7(8)10)16(11,14)15/h2-5H,1H2,(H,12,13)(H2,11,14,15). The minimum absolute atomic E-state index is 0.0315. The largest absolute Gasteiger partial charge is 0.321 e. The van der Waals surface area contributed by atoms with Gasteiger partial charge in [0.2, 0.25) is 15.9 Å². The minimum atomic E-state index is -3.74. The van der Waals surface area contributed by atoms with Crippen molar-refractivity contribution in [1.29, 1.82) is 0 Å². The fourth-order valence-electron chi connectivity index (χ4n) is 0.958.